The molecule has 0 radical (unpaired) electrons. The Morgan fingerprint density at radius 3 is 2.54 bits per heavy atom. The van der Waals surface area contributed by atoms with Gasteiger partial charge in [-0.25, -0.2) is 0 Å². The van der Waals surface area contributed by atoms with E-state index < -0.39 is 0 Å². The zero-order valence-electron chi connectivity index (χ0n) is 22.1. The van der Waals surface area contributed by atoms with Gasteiger partial charge in [-0.05, 0) is 49.4 Å². The van der Waals surface area contributed by atoms with Crippen LogP contribution in [0.1, 0.15) is 28.8 Å². The summed E-state index contributed by atoms with van der Waals surface area (Å²) in [6, 6.07) is 13.7. The van der Waals surface area contributed by atoms with Gasteiger partial charge in [-0.2, -0.15) is 0 Å². The number of methoxy groups -OCH3 is 2. The summed E-state index contributed by atoms with van der Waals surface area (Å²) in [5.41, 5.74) is 1.79. The van der Waals surface area contributed by atoms with Gasteiger partial charge in [0.15, 0.2) is 11.5 Å². The highest BCUT2D eigenvalue weighted by atomic mass is 16.5. The van der Waals surface area contributed by atoms with Crippen LogP contribution in [-0.4, -0.2) is 99.7 Å². The molecule has 2 amide bonds. The fourth-order valence-corrected chi connectivity index (χ4v) is 4.92. The molecular formula is C28H38N4O5. The molecule has 0 aliphatic carbocycles. The Labute approximate surface area is 219 Å². The van der Waals surface area contributed by atoms with Gasteiger partial charge < -0.3 is 29.3 Å². The molecule has 2 aromatic rings. The van der Waals surface area contributed by atoms with Crippen molar-refractivity contribution in [3.05, 3.63) is 53.6 Å². The van der Waals surface area contributed by atoms with Crippen LogP contribution in [0.3, 0.4) is 0 Å². The zero-order chi connectivity index (χ0) is 26.2. The second-order valence-electron chi connectivity index (χ2n) is 9.70. The molecule has 2 aliphatic heterocycles. The van der Waals surface area contributed by atoms with Gasteiger partial charge in [-0.15, -0.1) is 0 Å². The third kappa shape index (κ3) is 7.36. The molecule has 2 aliphatic rings. The SMILES string of the molecule is COc1ccc(C(=O)N2CCN(CCOc3cccc(CN(C)C[C@H]4CCC(=O)N4)c3)CC2)cc1OC. The van der Waals surface area contributed by atoms with Crippen molar-refractivity contribution in [2.45, 2.75) is 25.4 Å². The molecule has 37 heavy (non-hydrogen) atoms. The summed E-state index contributed by atoms with van der Waals surface area (Å²) in [6.07, 6.45) is 1.54. The molecule has 9 nitrogen and oxygen atoms in total. The Hall–Kier alpha value is -3.30. The van der Waals surface area contributed by atoms with E-state index in [1.165, 1.54) is 5.56 Å². The van der Waals surface area contributed by atoms with Gasteiger partial charge in [0.1, 0.15) is 12.4 Å². The lowest BCUT2D eigenvalue weighted by Gasteiger charge is -2.34. The lowest BCUT2D eigenvalue weighted by Crippen LogP contribution is -2.49. The van der Waals surface area contributed by atoms with Crippen molar-refractivity contribution in [3.8, 4) is 17.2 Å². The minimum atomic E-state index is 0.00829. The quantitative estimate of drug-likeness (QED) is 0.497. The molecule has 2 saturated heterocycles. The molecular weight excluding hydrogens is 472 g/mol. The molecule has 200 valence electrons. The number of rotatable bonds is 11. The van der Waals surface area contributed by atoms with Crippen LogP contribution in [0.4, 0.5) is 0 Å². The van der Waals surface area contributed by atoms with Crippen molar-refractivity contribution >= 4 is 11.8 Å². The molecule has 2 heterocycles. The van der Waals surface area contributed by atoms with E-state index in [1.54, 1.807) is 32.4 Å². The number of carbonyl (C=O) groups is 2. The topological polar surface area (TPSA) is 83.6 Å². The van der Waals surface area contributed by atoms with E-state index in [1.807, 2.05) is 17.0 Å². The predicted molar refractivity (Wildman–Crippen MR) is 141 cm³/mol. The Morgan fingerprint density at radius 1 is 1.05 bits per heavy atom. The van der Waals surface area contributed by atoms with Crippen LogP contribution >= 0.6 is 0 Å². The summed E-state index contributed by atoms with van der Waals surface area (Å²) >= 11 is 0. The maximum Gasteiger partial charge on any atom is 0.254 e. The van der Waals surface area contributed by atoms with Gasteiger partial charge in [0.05, 0.1) is 14.2 Å². The number of likely N-dealkylation sites (N-methyl/N-ethyl adjacent to an activating group) is 1. The minimum Gasteiger partial charge on any atom is -0.493 e. The first-order valence-electron chi connectivity index (χ1n) is 12.9. The van der Waals surface area contributed by atoms with Crippen molar-refractivity contribution in [1.29, 1.82) is 0 Å². The Kier molecular flexibility index (Phi) is 9.24. The van der Waals surface area contributed by atoms with Gasteiger partial charge >= 0.3 is 0 Å². The van der Waals surface area contributed by atoms with E-state index in [2.05, 4.69) is 34.3 Å². The van der Waals surface area contributed by atoms with Gasteiger partial charge in [-0.1, -0.05) is 12.1 Å². The highest BCUT2D eigenvalue weighted by Crippen LogP contribution is 2.28. The minimum absolute atomic E-state index is 0.00829. The lowest BCUT2D eigenvalue weighted by atomic mass is 10.1. The van der Waals surface area contributed by atoms with Crippen molar-refractivity contribution in [2.75, 3.05) is 67.1 Å². The number of piperazine rings is 1. The third-order valence-electron chi connectivity index (χ3n) is 6.93. The number of amides is 2. The predicted octanol–water partition coefficient (Wildman–Crippen LogP) is 2.25. The molecule has 9 heteroatoms. The Balaban J connectivity index is 1.18. The number of hydrogen-bond donors (Lipinski definition) is 1. The molecule has 2 fully saturated rings. The van der Waals surface area contributed by atoms with Crippen LogP contribution in [0.2, 0.25) is 0 Å². The lowest BCUT2D eigenvalue weighted by molar-refractivity contribution is -0.119. The van der Waals surface area contributed by atoms with E-state index in [0.29, 0.717) is 43.2 Å². The van der Waals surface area contributed by atoms with Gasteiger partial charge in [0.25, 0.3) is 5.91 Å². The number of hydrogen-bond acceptors (Lipinski definition) is 7. The normalized spacial score (nSPS) is 18.1. The maximum absolute atomic E-state index is 13.0. The molecule has 0 unspecified atom stereocenters. The second kappa shape index (κ2) is 12.8. The van der Waals surface area contributed by atoms with Crippen LogP contribution in [0.15, 0.2) is 42.5 Å². The van der Waals surface area contributed by atoms with E-state index in [-0.39, 0.29) is 17.9 Å². The van der Waals surface area contributed by atoms with Crippen LogP contribution in [0, 0.1) is 0 Å². The van der Waals surface area contributed by atoms with Crippen molar-refractivity contribution < 1.29 is 23.8 Å². The molecule has 0 spiro atoms. The average molecular weight is 511 g/mol. The second-order valence-corrected chi connectivity index (χ2v) is 9.70. The first-order chi connectivity index (χ1) is 17.9. The van der Waals surface area contributed by atoms with Crippen LogP contribution in [-0.2, 0) is 11.3 Å². The van der Waals surface area contributed by atoms with Gasteiger partial charge in [-0.3, -0.25) is 14.5 Å². The molecule has 1 atom stereocenters. The van der Waals surface area contributed by atoms with E-state index in [4.69, 9.17) is 14.2 Å². The molecule has 2 aromatic carbocycles. The van der Waals surface area contributed by atoms with Crippen molar-refractivity contribution in [1.82, 2.24) is 20.0 Å². The van der Waals surface area contributed by atoms with Crippen LogP contribution in [0.5, 0.6) is 17.2 Å². The Morgan fingerprint density at radius 2 is 1.84 bits per heavy atom. The molecule has 0 aromatic heterocycles. The van der Waals surface area contributed by atoms with Gasteiger partial charge in [0.2, 0.25) is 5.91 Å². The third-order valence-corrected chi connectivity index (χ3v) is 6.93. The van der Waals surface area contributed by atoms with Crippen molar-refractivity contribution in [3.63, 3.8) is 0 Å². The number of nitrogens with zero attached hydrogens (tertiary/aromatic N) is 3. The fourth-order valence-electron chi connectivity index (χ4n) is 4.92. The Bertz CT molecular complexity index is 1070. The summed E-state index contributed by atoms with van der Waals surface area (Å²) in [4.78, 5) is 30.8. The summed E-state index contributed by atoms with van der Waals surface area (Å²) in [6.45, 7) is 6.03. The number of nitrogens with one attached hydrogen (secondary N) is 1. The molecule has 0 bridgehead atoms. The van der Waals surface area contributed by atoms with E-state index >= 15 is 0 Å². The standard InChI is InChI=1S/C28H38N4O5/c1-30(20-23-8-10-27(33)29-23)19-21-5-4-6-24(17-21)37-16-15-31-11-13-32(14-12-31)28(34)22-7-9-25(35-2)26(18-22)36-3/h4-7,9,17-18,23H,8,10-16,19-20H2,1-3H3,(H,29,33)/t23-/m1/s1. The van der Waals surface area contributed by atoms with Crippen molar-refractivity contribution in [2.24, 2.45) is 0 Å². The molecule has 4 rings (SSSR count). The summed E-state index contributed by atoms with van der Waals surface area (Å²) in [7, 11) is 5.23. The summed E-state index contributed by atoms with van der Waals surface area (Å²) in [5, 5.41) is 3.03. The van der Waals surface area contributed by atoms with Crippen LogP contribution < -0.4 is 19.5 Å². The summed E-state index contributed by atoms with van der Waals surface area (Å²) in [5.74, 6) is 2.19. The highest BCUT2D eigenvalue weighted by Gasteiger charge is 2.23. The first-order valence-corrected chi connectivity index (χ1v) is 12.9. The average Bonchev–Trinajstić information content (AvgIpc) is 3.32. The highest BCUT2D eigenvalue weighted by molar-refractivity contribution is 5.95. The molecule has 0 saturated carbocycles. The van der Waals surface area contributed by atoms with Crippen LogP contribution in [0.25, 0.3) is 0 Å². The first kappa shape index (κ1) is 26.8. The molecule has 1 N–H and O–H groups in total. The smallest absolute Gasteiger partial charge is 0.254 e. The monoisotopic (exact) mass is 510 g/mol. The zero-order valence-corrected chi connectivity index (χ0v) is 22.1. The van der Waals surface area contributed by atoms with E-state index in [9.17, 15) is 9.59 Å². The number of benzene rings is 2. The van der Waals surface area contributed by atoms with Gasteiger partial charge in [0, 0.05) is 63.8 Å². The van der Waals surface area contributed by atoms with E-state index in [0.717, 1.165) is 44.9 Å². The number of carbonyl (C=O) groups excluding carboxylic acids is 2. The summed E-state index contributed by atoms with van der Waals surface area (Å²) < 4.78 is 16.6. The largest absolute Gasteiger partial charge is 0.493 e. The number of ether oxygens (including phenoxy) is 3. The maximum atomic E-state index is 13.0. The fraction of sp³-hybridized carbons (Fsp3) is 0.500.